The van der Waals surface area contributed by atoms with E-state index in [0.29, 0.717) is 23.6 Å². The second kappa shape index (κ2) is 7.71. The number of amides is 2. The van der Waals surface area contributed by atoms with Gasteiger partial charge in [-0.1, -0.05) is 0 Å². The minimum atomic E-state index is -1.27. The van der Waals surface area contributed by atoms with E-state index in [-0.39, 0.29) is 6.54 Å². The summed E-state index contributed by atoms with van der Waals surface area (Å²) < 4.78 is 0. The van der Waals surface area contributed by atoms with Crippen LogP contribution in [0.4, 0.5) is 4.79 Å². The van der Waals surface area contributed by atoms with Crippen LogP contribution >= 0.6 is 0 Å². The normalized spacial score (nSPS) is 10.0. The van der Waals surface area contributed by atoms with Crippen molar-refractivity contribution >= 4 is 18.0 Å². The Morgan fingerprint density at radius 1 is 1.25 bits per heavy atom. The lowest BCUT2D eigenvalue weighted by Gasteiger charge is -2.18. The Balaban J connectivity index is 2.33. The fourth-order valence-electron chi connectivity index (χ4n) is 1.44. The van der Waals surface area contributed by atoms with Gasteiger partial charge >= 0.3 is 18.0 Å². The Morgan fingerprint density at radius 2 is 1.90 bits per heavy atom. The van der Waals surface area contributed by atoms with Gasteiger partial charge in [0.1, 0.15) is 25.2 Å². The van der Waals surface area contributed by atoms with Crippen molar-refractivity contribution in [3.8, 4) is 0 Å². The van der Waals surface area contributed by atoms with E-state index >= 15 is 0 Å². The highest BCUT2D eigenvalue weighted by Crippen LogP contribution is 1.94. The fourth-order valence-corrected chi connectivity index (χ4v) is 1.44. The zero-order valence-corrected chi connectivity index (χ0v) is 10.6. The van der Waals surface area contributed by atoms with Crippen LogP contribution in [0.25, 0.3) is 0 Å². The van der Waals surface area contributed by atoms with E-state index in [2.05, 4.69) is 20.5 Å². The van der Waals surface area contributed by atoms with Gasteiger partial charge in [-0.2, -0.15) is 5.10 Å². The van der Waals surface area contributed by atoms with Crippen LogP contribution in [0.1, 0.15) is 12.2 Å². The van der Waals surface area contributed by atoms with Gasteiger partial charge < -0.3 is 20.4 Å². The van der Waals surface area contributed by atoms with Crippen LogP contribution in [0.2, 0.25) is 0 Å². The molecule has 0 fully saturated rings. The maximum absolute atomic E-state index is 11.6. The number of urea groups is 1. The Morgan fingerprint density at radius 3 is 2.40 bits per heavy atom. The van der Waals surface area contributed by atoms with Gasteiger partial charge in [0.15, 0.2) is 0 Å². The SMILES string of the molecule is O=C(O)CN(CC(=O)O)C(=O)NCCCc1ncn[nH]1. The number of carboxylic acid groups (broad SMARTS) is 2. The molecule has 1 heterocycles. The lowest BCUT2D eigenvalue weighted by Crippen LogP contribution is -2.45. The zero-order valence-electron chi connectivity index (χ0n) is 10.6. The molecule has 2 amide bonds. The molecule has 0 unspecified atom stereocenters. The standard InChI is InChI=1S/C10H15N5O5/c16-8(17)4-15(5-9(18)19)10(20)11-3-1-2-7-12-6-13-14-7/h6H,1-5H2,(H,11,20)(H,16,17)(H,18,19)(H,12,13,14). The molecular formula is C10H15N5O5. The van der Waals surface area contributed by atoms with Crippen LogP contribution in [0.5, 0.6) is 0 Å². The summed E-state index contributed by atoms with van der Waals surface area (Å²) in [6.07, 6.45) is 2.50. The van der Waals surface area contributed by atoms with E-state index in [0.717, 1.165) is 0 Å². The highest BCUT2D eigenvalue weighted by atomic mass is 16.4. The van der Waals surface area contributed by atoms with Gasteiger partial charge in [0, 0.05) is 13.0 Å². The molecule has 10 nitrogen and oxygen atoms in total. The number of aryl methyl sites for hydroxylation is 1. The number of carboxylic acids is 2. The number of nitrogens with one attached hydrogen (secondary N) is 2. The molecule has 1 aromatic rings. The molecule has 0 radical (unpaired) electrons. The van der Waals surface area contributed by atoms with E-state index in [1.165, 1.54) is 6.33 Å². The predicted octanol–water partition coefficient (Wildman–Crippen LogP) is -1.08. The first-order chi connectivity index (χ1) is 9.49. The molecule has 110 valence electrons. The largest absolute Gasteiger partial charge is 0.480 e. The van der Waals surface area contributed by atoms with Crippen molar-refractivity contribution in [1.82, 2.24) is 25.4 Å². The van der Waals surface area contributed by atoms with Gasteiger partial charge in [0.2, 0.25) is 0 Å². The topological polar surface area (TPSA) is 149 Å². The maximum Gasteiger partial charge on any atom is 0.323 e. The van der Waals surface area contributed by atoms with Crippen LogP contribution in [0.3, 0.4) is 0 Å². The molecule has 4 N–H and O–H groups in total. The lowest BCUT2D eigenvalue weighted by molar-refractivity contribution is -0.140. The summed E-state index contributed by atoms with van der Waals surface area (Å²) in [6, 6.07) is -0.729. The van der Waals surface area contributed by atoms with Gasteiger partial charge in [-0.15, -0.1) is 0 Å². The number of carbonyl (C=O) groups is 3. The zero-order chi connectivity index (χ0) is 15.0. The number of nitrogens with zero attached hydrogens (tertiary/aromatic N) is 3. The van der Waals surface area contributed by atoms with Crippen LogP contribution in [-0.4, -0.2) is 67.9 Å². The lowest BCUT2D eigenvalue weighted by atomic mass is 10.3. The number of hydrogen-bond acceptors (Lipinski definition) is 5. The summed E-state index contributed by atoms with van der Waals surface area (Å²) in [6.45, 7) is -1.06. The van der Waals surface area contributed by atoms with Crippen molar-refractivity contribution in [2.45, 2.75) is 12.8 Å². The molecular weight excluding hydrogens is 270 g/mol. The average Bonchev–Trinajstić information content (AvgIpc) is 2.85. The molecule has 0 spiro atoms. The Hall–Kier alpha value is -2.65. The van der Waals surface area contributed by atoms with Gasteiger partial charge in [0.05, 0.1) is 0 Å². The highest BCUT2D eigenvalue weighted by molar-refractivity contribution is 5.84. The highest BCUT2D eigenvalue weighted by Gasteiger charge is 2.18. The monoisotopic (exact) mass is 285 g/mol. The molecule has 1 rings (SSSR count). The van der Waals surface area contributed by atoms with Crippen molar-refractivity contribution in [3.63, 3.8) is 0 Å². The van der Waals surface area contributed by atoms with Crippen molar-refractivity contribution in [2.24, 2.45) is 0 Å². The number of rotatable bonds is 8. The number of carbonyl (C=O) groups excluding carboxylic acids is 1. The molecule has 0 aliphatic rings. The van der Waals surface area contributed by atoms with Crippen LogP contribution in [0, 0.1) is 0 Å². The average molecular weight is 285 g/mol. The summed E-state index contributed by atoms with van der Waals surface area (Å²) in [4.78, 5) is 37.3. The smallest absolute Gasteiger partial charge is 0.323 e. The molecule has 1 aromatic heterocycles. The van der Waals surface area contributed by atoms with Gasteiger partial charge in [0.25, 0.3) is 0 Å². The summed E-state index contributed by atoms with van der Waals surface area (Å²) in [5.41, 5.74) is 0. The van der Waals surface area contributed by atoms with Crippen LogP contribution in [-0.2, 0) is 16.0 Å². The fraction of sp³-hybridized carbons (Fsp3) is 0.500. The Labute approximate surface area is 113 Å². The second-order valence-corrected chi connectivity index (χ2v) is 3.91. The summed E-state index contributed by atoms with van der Waals surface area (Å²) in [7, 11) is 0. The third kappa shape index (κ3) is 5.80. The van der Waals surface area contributed by atoms with Crippen molar-refractivity contribution in [3.05, 3.63) is 12.2 Å². The molecule has 0 aromatic carbocycles. The Bertz CT molecular complexity index is 445. The van der Waals surface area contributed by atoms with Crippen LogP contribution < -0.4 is 5.32 Å². The first-order valence-corrected chi connectivity index (χ1v) is 5.79. The molecule has 0 saturated heterocycles. The first-order valence-electron chi connectivity index (χ1n) is 5.79. The minimum absolute atomic E-state index is 0.273. The van der Waals surface area contributed by atoms with E-state index in [9.17, 15) is 14.4 Å². The number of aromatic amines is 1. The predicted molar refractivity (Wildman–Crippen MR) is 64.9 cm³/mol. The van der Waals surface area contributed by atoms with E-state index in [4.69, 9.17) is 10.2 Å². The van der Waals surface area contributed by atoms with Gasteiger partial charge in [-0.3, -0.25) is 14.7 Å². The molecule has 0 atom stereocenters. The van der Waals surface area contributed by atoms with Crippen molar-refractivity contribution < 1.29 is 24.6 Å². The van der Waals surface area contributed by atoms with Crippen molar-refractivity contribution in [2.75, 3.05) is 19.6 Å². The first kappa shape index (κ1) is 15.4. The molecule has 0 bridgehead atoms. The van der Waals surface area contributed by atoms with E-state index in [1.807, 2.05) is 0 Å². The molecule has 10 heteroatoms. The van der Waals surface area contributed by atoms with Crippen LogP contribution in [0.15, 0.2) is 6.33 Å². The third-order valence-electron chi connectivity index (χ3n) is 2.27. The Kier molecular flexibility index (Phi) is 5.94. The molecule has 0 saturated carbocycles. The minimum Gasteiger partial charge on any atom is -0.480 e. The molecule has 20 heavy (non-hydrogen) atoms. The summed E-state index contributed by atoms with van der Waals surface area (Å²) in [5.74, 6) is -1.88. The van der Waals surface area contributed by atoms with Crippen molar-refractivity contribution in [1.29, 1.82) is 0 Å². The number of aliphatic carboxylic acids is 2. The number of hydrogen-bond donors (Lipinski definition) is 4. The summed E-state index contributed by atoms with van der Waals surface area (Å²) >= 11 is 0. The van der Waals surface area contributed by atoms with E-state index < -0.39 is 31.1 Å². The van der Waals surface area contributed by atoms with E-state index in [1.54, 1.807) is 0 Å². The maximum atomic E-state index is 11.6. The van der Waals surface area contributed by atoms with Gasteiger partial charge in [-0.25, -0.2) is 9.78 Å². The second-order valence-electron chi connectivity index (χ2n) is 3.91. The third-order valence-corrected chi connectivity index (χ3v) is 2.27. The van der Waals surface area contributed by atoms with Gasteiger partial charge in [-0.05, 0) is 6.42 Å². The molecule has 0 aliphatic carbocycles. The molecule has 0 aliphatic heterocycles. The number of aromatic nitrogens is 3. The summed E-state index contributed by atoms with van der Waals surface area (Å²) in [5, 5.41) is 26.0. The number of H-pyrrole nitrogens is 1. The quantitative estimate of drug-likeness (QED) is 0.444.